The Morgan fingerprint density at radius 1 is 1.19 bits per heavy atom. The largest absolute Gasteiger partial charge is 0.440 e. The van der Waals surface area contributed by atoms with Gasteiger partial charge in [-0.1, -0.05) is 29.8 Å². The van der Waals surface area contributed by atoms with Gasteiger partial charge in [0, 0.05) is 15.5 Å². The van der Waals surface area contributed by atoms with Gasteiger partial charge in [0.15, 0.2) is 0 Å². The van der Waals surface area contributed by atoms with Gasteiger partial charge in [-0.3, -0.25) is 0 Å². The lowest BCUT2D eigenvalue weighted by Crippen LogP contribution is -2.18. The van der Waals surface area contributed by atoms with Crippen molar-refractivity contribution in [3.8, 4) is 11.8 Å². The molecule has 21 heavy (non-hydrogen) atoms. The van der Waals surface area contributed by atoms with Crippen molar-refractivity contribution < 1.29 is 4.74 Å². The summed E-state index contributed by atoms with van der Waals surface area (Å²) in [7, 11) is 0. The van der Waals surface area contributed by atoms with Crippen molar-refractivity contribution in [2.75, 3.05) is 0 Å². The van der Waals surface area contributed by atoms with Gasteiger partial charge in [-0.2, -0.15) is 5.26 Å². The molecule has 0 fully saturated rings. The molecule has 0 amide bonds. The average molecular weight is 315 g/mol. The van der Waals surface area contributed by atoms with Crippen LogP contribution in [0.15, 0.2) is 64.9 Å². The lowest BCUT2D eigenvalue weighted by molar-refractivity contribution is 0.398. The molecule has 1 aliphatic rings. The van der Waals surface area contributed by atoms with E-state index in [-0.39, 0.29) is 11.1 Å². The second kappa shape index (κ2) is 5.72. The van der Waals surface area contributed by atoms with Crippen LogP contribution in [0.4, 0.5) is 0 Å². The number of hydrogen-bond donors (Lipinski definition) is 1. The van der Waals surface area contributed by atoms with Crippen molar-refractivity contribution in [2.24, 2.45) is 5.73 Å². The van der Waals surface area contributed by atoms with Gasteiger partial charge in [0.1, 0.15) is 17.4 Å². The second-order valence-electron chi connectivity index (χ2n) is 4.48. The summed E-state index contributed by atoms with van der Waals surface area (Å²) in [6.07, 6.45) is 0. The fraction of sp³-hybridized carbons (Fsp3) is 0.0625. The first-order chi connectivity index (χ1) is 10.2. The van der Waals surface area contributed by atoms with E-state index < -0.39 is 0 Å². The zero-order valence-corrected chi connectivity index (χ0v) is 12.5. The van der Waals surface area contributed by atoms with Crippen molar-refractivity contribution in [1.29, 1.82) is 5.26 Å². The lowest BCUT2D eigenvalue weighted by Gasteiger charge is -2.25. The summed E-state index contributed by atoms with van der Waals surface area (Å²) in [5.74, 6) is 0.796. The molecule has 1 unspecified atom stereocenters. The zero-order chi connectivity index (χ0) is 14.8. The Labute approximate surface area is 132 Å². The molecule has 3 nitrogen and oxygen atoms in total. The smallest absolute Gasteiger partial charge is 0.206 e. The normalized spacial score (nSPS) is 16.9. The summed E-state index contributed by atoms with van der Waals surface area (Å²) in [6.45, 7) is 0. The van der Waals surface area contributed by atoms with Crippen molar-refractivity contribution in [3.05, 3.63) is 70.6 Å². The van der Waals surface area contributed by atoms with Crippen LogP contribution in [0.2, 0.25) is 5.02 Å². The first-order valence-electron chi connectivity index (χ1n) is 6.28. The van der Waals surface area contributed by atoms with Crippen LogP contribution in [0.25, 0.3) is 0 Å². The number of ether oxygens (including phenoxy) is 1. The first-order valence-corrected chi connectivity index (χ1v) is 7.53. The maximum atomic E-state index is 9.39. The molecule has 2 aromatic rings. The van der Waals surface area contributed by atoms with E-state index in [2.05, 4.69) is 6.07 Å². The molecule has 0 spiro atoms. The minimum atomic E-state index is -0.222. The molecule has 104 valence electrons. The highest BCUT2D eigenvalue weighted by Crippen LogP contribution is 2.47. The summed E-state index contributed by atoms with van der Waals surface area (Å²) in [5.41, 5.74) is 7.15. The quantitative estimate of drug-likeness (QED) is 0.899. The van der Waals surface area contributed by atoms with Gasteiger partial charge < -0.3 is 10.5 Å². The van der Waals surface area contributed by atoms with E-state index in [9.17, 15) is 5.26 Å². The molecular weight excluding hydrogens is 304 g/mol. The van der Waals surface area contributed by atoms with Gasteiger partial charge in [-0.15, -0.1) is 11.8 Å². The third kappa shape index (κ3) is 2.71. The number of nitrogens with zero attached hydrogens (tertiary/aromatic N) is 1. The van der Waals surface area contributed by atoms with E-state index in [1.54, 1.807) is 23.9 Å². The summed E-state index contributed by atoms with van der Waals surface area (Å²) in [5, 5.41) is 9.77. The van der Waals surface area contributed by atoms with Crippen LogP contribution in [0, 0.1) is 11.3 Å². The maximum Gasteiger partial charge on any atom is 0.206 e. The molecule has 0 saturated carbocycles. The van der Waals surface area contributed by atoms with Gasteiger partial charge >= 0.3 is 0 Å². The third-order valence-electron chi connectivity index (χ3n) is 3.12. The molecule has 2 N–H and O–H groups in total. The van der Waals surface area contributed by atoms with Crippen LogP contribution >= 0.6 is 23.4 Å². The fourth-order valence-electron chi connectivity index (χ4n) is 2.15. The molecule has 0 aromatic heterocycles. The molecule has 2 aromatic carbocycles. The van der Waals surface area contributed by atoms with Crippen molar-refractivity contribution in [2.45, 2.75) is 10.1 Å². The zero-order valence-electron chi connectivity index (χ0n) is 10.9. The minimum Gasteiger partial charge on any atom is -0.440 e. The number of nitriles is 1. The Kier molecular flexibility index (Phi) is 3.78. The molecule has 3 rings (SSSR count). The average Bonchev–Trinajstić information content (AvgIpc) is 2.49. The number of benzene rings is 2. The Balaban J connectivity index is 2.07. The molecule has 0 saturated heterocycles. The van der Waals surface area contributed by atoms with Crippen molar-refractivity contribution in [3.63, 3.8) is 0 Å². The Hall–Kier alpha value is -2.09. The number of hydrogen-bond acceptors (Lipinski definition) is 4. The van der Waals surface area contributed by atoms with Crippen molar-refractivity contribution >= 4 is 23.4 Å². The lowest BCUT2D eigenvalue weighted by atomic mass is 10.0. The van der Waals surface area contributed by atoms with Crippen LogP contribution in [0.5, 0.6) is 5.75 Å². The van der Waals surface area contributed by atoms with Gasteiger partial charge in [-0.25, -0.2) is 0 Å². The van der Waals surface area contributed by atoms with E-state index in [1.165, 1.54) is 0 Å². The molecular formula is C16H11ClN2OS. The summed E-state index contributed by atoms with van der Waals surface area (Å²) in [4.78, 5) is 1.05. The number of fused-ring (bicyclic) bond motifs is 1. The molecule has 1 atom stereocenters. The van der Waals surface area contributed by atoms with E-state index >= 15 is 0 Å². The Morgan fingerprint density at radius 2 is 1.95 bits per heavy atom. The van der Waals surface area contributed by atoms with Crippen LogP contribution in [0.3, 0.4) is 0 Å². The predicted octanol–water partition coefficient (Wildman–Crippen LogP) is 4.26. The van der Waals surface area contributed by atoms with Gasteiger partial charge in [0.2, 0.25) is 5.88 Å². The SMILES string of the molecule is N#CC1=C(N)Oc2ccc(Cl)cc2C1Sc1ccccc1. The highest BCUT2D eigenvalue weighted by atomic mass is 35.5. The van der Waals surface area contributed by atoms with Crippen LogP contribution < -0.4 is 10.5 Å². The Morgan fingerprint density at radius 3 is 2.67 bits per heavy atom. The van der Waals surface area contributed by atoms with Crippen molar-refractivity contribution in [1.82, 2.24) is 0 Å². The first kappa shape index (κ1) is 13.9. The monoisotopic (exact) mass is 314 g/mol. The van der Waals surface area contributed by atoms with Crippen LogP contribution in [-0.2, 0) is 0 Å². The summed E-state index contributed by atoms with van der Waals surface area (Å²) in [6, 6.07) is 17.4. The fourth-order valence-corrected chi connectivity index (χ4v) is 3.51. The number of thioether (sulfide) groups is 1. The van der Waals surface area contributed by atoms with E-state index in [1.807, 2.05) is 36.4 Å². The standard InChI is InChI=1S/C16H11ClN2OS/c17-10-6-7-14-12(8-10)15(13(9-18)16(19)20-14)21-11-4-2-1-3-5-11/h1-8,15H,19H2. The molecule has 5 heteroatoms. The van der Waals surface area contributed by atoms with E-state index in [4.69, 9.17) is 22.1 Å². The molecule has 1 aliphatic heterocycles. The molecule has 0 aliphatic carbocycles. The van der Waals surface area contributed by atoms with E-state index in [0.29, 0.717) is 16.3 Å². The summed E-state index contributed by atoms with van der Waals surface area (Å²) < 4.78 is 5.52. The highest BCUT2D eigenvalue weighted by Gasteiger charge is 2.30. The predicted molar refractivity (Wildman–Crippen MR) is 83.9 cm³/mol. The van der Waals surface area contributed by atoms with Gasteiger partial charge in [-0.05, 0) is 30.3 Å². The highest BCUT2D eigenvalue weighted by molar-refractivity contribution is 7.99. The number of nitrogens with two attached hydrogens (primary N) is 1. The van der Waals surface area contributed by atoms with Crippen LogP contribution in [-0.4, -0.2) is 0 Å². The number of rotatable bonds is 2. The Bertz CT molecular complexity index is 753. The number of halogens is 1. The second-order valence-corrected chi connectivity index (χ2v) is 6.10. The minimum absolute atomic E-state index is 0.153. The molecule has 0 radical (unpaired) electrons. The summed E-state index contributed by atoms with van der Waals surface area (Å²) >= 11 is 7.63. The maximum absolute atomic E-state index is 9.39. The van der Waals surface area contributed by atoms with Gasteiger partial charge in [0.05, 0.1) is 5.25 Å². The third-order valence-corrected chi connectivity index (χ3v) is 4.62. The molecule has 1 heterocycles. The van der Waals surface area contributed by atoms with Crippen LogP contribution in [0.1, 0.15) is 10.8 Å². The molecule has 0 bridgehead atoms. The van der Waals surface area contributed by atoms with Gasteiger partial charge in [0.25, 0.3) is 0 Å². The van der Waals surface area contributed by atoms with E-state index in [0.717, 1.165) is 10.5 Å². The topological polar surface area (TPSA) is 59.0 Å².